The molecule has 2 aromatic carbocycles. The number of hydrogen-bond donors (Lipinski definition) is 0. The highest BCUT2D eigenvalue weighted by Crippen LogP contribution is 2.31. The summed E-state index contributed by atoms with van der Waals surface area (Å²) >= 11 is 6.74. The Bertz CT molecular complexity index is 814. The van der Waals surface area contributed by atoms with Crippen molar-refractivity contribution in [2.24, 2.45) is 10.2 Å². The number of rotatable bonds is 7. The first-order valence-electron chi connectivity index (χ1n) is 7.58. The maximum atomic E-state index is 8.64. The second-order valence-corrected chi connectivity index (χ2v) is 7.20. The fourth-order valence-corrected chi connectivity index (χ4v) is 2.94. The average molecular weight is 480 g/mol. The summed E-state index contributed by atoms with van der Waals surface area (Å²) in [5, 5.41) is 7.36. The third kappa shape index (κ3) is 5.06. The second-order valence-electron chi connectivity index (χ2n) is 5.49. The summed E-state index contributed by atoms with van der Waals surface area (Å²) in [5.74, 6) is 0. The van der Waals surface area contributed by atoms with E-state index in [4.69, 9.17) is 11.1 Å². The van der Waals surface area contributed by atoms with Crippen LogP contribution >= 0.6 is 31.9 Å². The fraction of sp³-hybridized carbons (Fsp3) is 0.250. The van der Waals surface area contributed by atoms with Crippen LogP contribution in [0.1, 0.15) is 0 Å². The Morgan fingerprint density at radius 3 is 1.54 bits per heavy atom. The Kier molecular flexibility index (Phi) is 7.17. The first kappa shape index (κ1) is 19.9. The summed E-state index contributed by atoms with van der Waals surface area (Å²) in [6, 6.07) is 11.3. The molecule has 0 amide bonds. The number of likely N-dealkylation sites (N-methyl/N-ethyl adjacent to an activating group) is 2. The molecule has 0 bridgehead atoms. The van der Waals surface area contributed by atoms with Gasteiger partial charge in [0.05, 0.1) is 11.4 Å². The normalized spacial score (nSPS) is 9.85. The molecule has 0 radical (unpaired) electrons. The number of benzene rings is 2. The van der Waals surface area contributed by atoms with Crippen molar-refractivity contribution < 1.29 is 0 Å². The molecule has 0 heterocycles. The van der Waals surface area contributed by atoms with Crippen LogP contribution in [0.15, 0.2) is 55.6 Å². The molecule has 0 N–H and O–H groups in total. The number of anilines is 2. The van der Waals surface area contributed by atoms with Gasteiger partial charge < -0.3 is 9.80 Å². The Morgan fingerprint density at radius 2 is 1.19 bits per heavy atom. The molecule has 0 saturated heterocycles. The van der Waals surface area contributed by atoms with Crippen LogP contribution in [-0.4, -0.2) is 27.2 Å². The zero-order chi connectivity index (χ0) is 19.1. The summed E-state index contributed by atoms with van der Waals surface area (Å²) in [4.78, 5) is 9.83. The molecule has 26 heavy (non-hydrogen) atoms. The van der Waals surface area contributed by atoms with Gasteiger partial charge in [-0.2, -0.15) is 0 Å². The minimum absolute atomic E-state index is 0.553. The summed E-state index contributed by atoms with van der Waals surface area (Å²) < 4.78 is 1.51. The molecule has 0 fully saturated rings. The molecule has 0 aromatic heterocycles. The number of nitrogens with zero attached hydrogens (tertiary/aromatic N) is 8. The van der Waals surface area contributed by atoms with Gasteiger partial charge in [-0.15, -0.1) is 0 Å². The van der Waals surface area contributed by atoms with E-state index in [0.717, 1.165) is 33.4 Å². The van der Waals surface area contributed by atoms with E-state index in [2.05, 4.69) is 61.7 Å². The molecule has 0 aliphatic heterocycles. The van der Waals surface area contributed by atoms with E-state index in [9.17, 15) is 0 Å². The van der Waals surface area contributed by atoms with Gasteiger partial charge in [0.2, 0.25) is 0 Å². The Balaban J connectivity index is 2.08. The second kappa shape index (κ2) is 9.35. The minimum atomic E-state index is 0.553. The summed E-state index contributed by atoms with van der Waals surface area (Å²) in [5.41, 5.74) is 20.3. The van der Waals surface area contributed by atoms with E-state index >= 15 is 0 Å². The van der Waals surface area contributed by atoms with Gasteiger partial charge in [0, 0.05) is 57.3 Å². The molecule has 0 atom stereocenters. The van der Waals surface area contributed by atoms with Crippen LogP contribution in [0.4, 0.5) is 22.7 Å². The van der Waals surface area contributed by atoms with E-state index < -0.39 is 0 Å². The van der Waals surface area contributed by atoms with Gasteiger partial charge >= 0.3 is 0 Å². The summed E-state index contributed by atoms with van der Waals surface area (Å²) in [6.07, 6.45) is 0. The van der Waals surface area contributed by atoms with Crippen molar-refractivity contribution in [3.05, 3.63) is 66.2 Å². The van der Waals surface area contributed by atoms with Gasteiger partial charge in [-0.1, -0.05) is 42.1 Å². The van der Waals surface area contributed by atoms with E-state index in [0.29, 0.717) is 11.4 Å². The Morgan fingerprint density at radius 1 is 0.808 bits per heavy atom. The topological polar surface area (TPSA) is 104 Å². The molecule has 8 nitrogen and oxygen atoms in total. The van der Waals surface area contributed by atoms with Crippen molar-refractivity contribution in [1.29, 1.82) is 0 Å². The average Bonchev–Trinajstić information content (AvgIpc) is 2.63. The minimum Gasteiger partial charge on any atom is -0.373 e. The Labute approximate surface area is 167 Å². The van der Waals surface area contributed by atoms with E-state index in [1.54, 1.807) is 0 Å². The molecule has 134 valence electrons. The molecular weight excluding hydrogens is 464 g/mol. The summed E-state index contributed by atoms with van der Waals surface area (Å²) in [6.45, 7) is 1.50. The third-order valence-electron chi connectivity index (χ3n) is 3.82. The maximum Gasteiger partial charge on any atom is 0.0538 e. The van der Waals surface area contributed by atoms with Crippen molar-refractivity contribution in [2.45, 2.75) is 0 Å². The quantitative estimate of drug-likeness (QED) is 0.251. The van der Waals surface area contributed by atoms with Crippen molar-refractivity contribution >= 4 is 54.6 Å². The van der Waals surface area contributed by atoms with Crippen LogP contribution in [0.2, 0.25) is 0 Å². The van der Waals surface area contributed by atoms with Gasteiger partial charge in [0.15, 0.2) is 0 Å². The first-order valence-corrected chi connectivity index (χ1v) is 9.16. The molecular formula is C16H16Br2N8. The maximum absolute atomic E-state index is 8.64. The molecule has 0 aliphatic rings. The van der Waals surface area contributed by atoms with E-state index in [1.165, 1.54) is 0 Å². The number of hydrogen-bond acceptors (Lipinski definition) is 4. The molecule has 2 rings (SSSR count). The van der Waals surface area contributed by atoms with Crippen LogP contribution in [0, 0.1) is 0 Å². The lowest BCUT2D eigenvalue weighted by Gasteiger charge is -2.25. The van der Waals surface area contributed by atoms with Crippen LogP contribution in [-0.2, 0) is 0 Å². The van der Waals surface area contributed by atoms with Gasteiger partial charge in [-0.05, 0) is 47.5 Å². The lowest BCUT2D eigenvalue weighted by atomic mass is 10.2. The number of halogens is 2. The standard InChI is InChI=1S/C16H16Br2N8/c1-25(11-3-5-13(17)15(9-11)21-23-19)7-8-26(2)12-4-6-14(18)16(10-12)22-24-20/h3-6,9-10H,7-8H2,1-2H3. The highest BCUT2D eigenvalue weighted by molar-refractivity contribution is 9.11. The molecule has 0 aliphatic carbocycles. The third-order valence-corrected chi connectivity index (χ3v) is 5.16. The highest BCUT2D eigenvalue weighted by atomic mass is 79.9. The predicted molar refractivity (Wildman–Crippen MR) is 112 cm³/mol. The fourth-order valence-electron chi connectivity index (χ4n) is 2.28. The van der Waals surface area contributed by atoms with Gasteiger partial charge in [-0.25, -0.2) is 0 Å². The zero-order valence-electron chi connectivity index (χ0n) is 14.2. The lowest BCUT2D eigenvalue weighted by molar-refractivity contribution is 0.833. The van der Waals surface area contributed by atoms with Gasteiger partial charge in [0.1, 0.15) is 0 Å². The Hall–Kier alpha value is -2.38. The lowest BCUT2D eigenvalue weighted by Crippen LogP contribution is -2.30. The van der Waals surface area contributed by atoms with Crippen molar-refractivity contribution in [2.75, 3.05) is 37.0 Å². The monoisotopic (exact) mass is 478 g/mol. The van der Waals surface area contributed by atoms with Crippen molar-refractivity contribution in [3.8, 4) is 0 Å². The van der Waals surface area contributed by atoms with Gasteiger partial charge in [-0.3, -0.25) is 0 Å². The van der Waals surface area contributed by atoms with E-state index in [-0.39, 0.29) is 0 Å². The van der Waals surface area contributed by atoms with Gasteiger partial charge in [0.25, 0.3) is 0 Å². The van der Waals surface area contributed by atoms with E-state index in [1.807, 2.05) is 50.5 Å². The smallest absolute Gasteiger partial charge is 0.0538 e. The zero-order valence-corrected chi connectivity index (χ0v) is 17.4. The van der Waals surface area contributed by atoms with Crippen LogP contribution in [0.5, 0.6) is 0 Å². The molecule has 0 saturated carbocycles. The molecule has 0 spiro atoms. The van der Waals surface area contributed by atoms with Crippen LogP contribution in [0.3, 0.4) is 0 Å². The van der Waals surface area contributed by atoms with Crippen LogP contribution in [0.25, 0.3) is 20.9 Å². The van der Waals surface area contributed by atoms with Crippen LogP contribution < -0.4 is 9.80 Å². The molecule has 10 heteroatoms. The first-order chi connectivity index (χ1) is 12.5. The SMILES string of the molecule is CN(CCN(C)c1ccc(Br)c(N=[N+]=[N-])c1)c1ccc(Br)c(N=[N+]=[N-])c1. The summed E-state index contributed by atoms with van der Waals surface area (Å²) in [7, 11) is 3.95. The largest absolute Gasteiger partial charge is 0.373 e. The van der Waals surface area contributed by atoms with Crippen molar-refractivity contribution in [1.82, 2.24) is 0 Å². The number of azide groups is 2. The highest BCUT2D eigenvalue weighted by Gasteiger charge is 2.08. The predicted octanol–water partition coefficient (Wildman–Crippen LogP) is 6.67. The van der Waals surface area contributed by atoms with Crippen molar-refractivity contribution in [3.63, 3.8) is 0 Å². The molecule has 0 unspecified atom stereocenters. The molecule has 2 aromatic rings.